The smallest absolute Gasteiger partial charge is 0.534 e. The van der Waals surface area contributed by atoms with Crippen molar-refractivity contribution in [1.29, 1.82) is 0 Å². The molecule has 1 aliphatic rings. The highest BCUT2D eigenvalue weighted by Gasteiger charge is 2.44. The summed E-state index contributed by atoms with van der Waals surface area (Å²) in [6.45, 7) is 7.68. The molecule has 3 rings (SSSR count). The maximum atomic E-state index is 14.1. The number of halogens is 1. The van der Waals surface area contributed by atoms with Crippen LogP contribution in [0.1, 0.15) is 29.8 Å². The highest BCUT2D eigenvalue weighted by molar-refractivity contribution is 6.62. The molecule has 0 unspecified atom stereocenters. The highest BCUT2D eigenvalue weighted by Crippen LogP contribution is 2.29. The zero-order valence-electron chi connectivity index (χ0n) is 14.1. The van der Waals surface area contributed by atoms with E-state index in [2.05, 4.69) is 16.9 Å². The van der Waals surface area contributed by atoms with Gasteiger partial charge in [0, 0.05) is 12.7 Å². The van der Waals surface area contributed by atoms with Crippen LogP contribution in [-0.4, -0.2) is 23.6 Å². The Labute approximate surface area is 146 Å². The number of nitrogens with zero attached hydrogens (tertiary/aromatic N) is 1. The lowest BCUT2D eigenvalue weighted by Gasteiger charge is -2.15. The van der Waals surface area contributed by atoms with Gasteiger partial charge in [-0.25, -0.2) is 4.98 Å². The zero-order chi connectivity index (χ0) is 18.0. The Hall–Kier alpha value is -2.67. The van der Waals surface area contributed by atoms with Gasteiger partial charge in [0.25, 0.3) is 5.91 Å². The molecule has 1 fully saturated rings. The van der Waals surface area contributed by atoms with Crippen LogP contribution in [-0.2, 0) is 15.9 Å². The molecule has 0 spiro atoms. The van der Waals surface area contributed by atoms with Crippen molar-refractivity contribution >= 4 is 18.5 Å². The van der Waals surface area contributed by atoms with Crippen LogP contribution in [0.5, 0.6) is 0 Å². The molecule has 0 radical (unpaired) electrons. The van der Waals surface area contributed by atoms with E-state index >= 15 is 0 Å². The molecule has 7 heteroatoms. The topological polar surface area (TPSA) is 60.5 Å². The molecule has 1 aromatic heterocycles. The monoisotopic (exact) mass is 340 g/mol. The SMILES string of the molecule is C=C1OB(c2cc(C(=O)NCc3ccccc3)cnc2F)OC1(C)C. The maximum Gasteiger partial charge on any atom is 0.568 e. The van der Waals surface area contributed by atoms with Gasteiger partial charge in [0.1, 0.15) is 5.60 Å². The molecule has 128 valence electrons. The van der Waals surface area contributed by atoms with Crippen LogP contribution in [0.4, 0.5) is 4.39 Å². The Morgan fingerprint density at radius 3 is 2.72 bits per heavy atom. The summed E-state index contributed by atoms with van der Waals surface area (Å²) in [5.74, 6) is -0.695. The van der Waals surface area contributed by atoms with E-state index < -0.39 is 18.7 Å². The summed E-state index contributed by atoms with van der Waals surface area (Å²) < 4.78 is 25.2. The van der Waals surface area contributed by atoms with Crippen molar-refractivity contribution < 1.29 is 18.5 Å². The van der Waals surface area contributed by atoms with Crippen molar-refractivity contribution in [3.05, 3.63) is 72.0 Å². The van der Waals surface area contributed by atoms with E-state index in [0.717, 1.165) is 5.56 Å². The Morgan fingerprint density at radius 1 is 1.36 bits per heavy atom. The van der Waals surface area contributed by atoms with Gasteiger partial charge in [-0.1, -0.05) is 36.9 Å². The number of rotatable bonds is 4. The van der Waals surface area contributed by atoms with E-state index in [1.807, 2.05) is 30.3 Å². The summed E-state index contributed by atoms with van der Waals surface area (Å²) in [6, 6.07) is 10.9. The molecule has 5 nitrogen and oxygen atoms in total. The van der Waals surface area contributed by atoms with Gasteiger partial charge in [0.2, 0.25) is 5.95 Å². The van der Waals surface area contributed by atoms with E-state index in [-0.39, 0.29) is 16.9 Å². The van der Waals surface area contributed by atoms with Gasteiger partial charge in [0.15, 0.2) is 0 Å². The second-order valence-corrected chi connectivity index (χ2v) is 6.27. The molecule has 2 heterocycles. The van der Waals surface area contributed by atoms with Gasteiger partial charge < -0.3 is 14.6 Å². The van der Waals surface area contributed by atoms with Crippen molar-refractivity contribution in [2.75, 3.05) is 0 Å². The van der Waals surface area contributed by atoms with Crippen LogP contribution in [0.2, 0.25) is 0 Å². The minimum absolute atomic E-state index is 0.0686. The number of pyridine rings is 1. The number of amides is 1. The van der Waals surface area contributed by atoms with Gasteiger partial charge in [-0.15, -0.1) is 0 Å². The van der Waals surface area contributed by atoms with E-state index in [9.17, 15) is 9.18 Å². The van der Waals surface area contributed by atoms with Gasteiger partial charge in [0.05, 0.1) is 16.8 Å². The van der Waals surface area contributed by atoms with Crippen molar-refractivity contribution in [3.8, 4) is 0 Å². The minimum Gasteiger partial charge on any atom is -0.534 e. The lowest BCUT2D eigenvalue weighted by atomic mass is 9.79. The van der Waals surface area contributed by atoms with Crippen molar-refractivity contribution in [2.24, 2.45) is 0 Å². The zero-order valence-corrected chi connectivity index (χ0v) is 14.1. The van der Waals surface area contributed by atoms with Crippen molar-refractivity contribution in [2.45, 2.75) is 26.0 Å². The first kappa shape index (κ1) is 17.2. The first-order chi connectivity index (χ1) is 11.9. The molecule has 0 saturated carbocycles. The third kappa shape index (κ3) is 3.72. The Morgan fingerprint density at radius 2 is 2.08 bits per heavy atom. The third-order valence-corrected chi connectivity index (χ3v) is 4.00. The predicted octanol–water partition coefficient (Wildman–Crippen LogP) is 2.18. The molecule has 0 atom stereocenters. The average Bonchev–Trinajstić information content (AvgIpc) is 2.87. The van der Waals surface area contributed by atoms with Gasteiger partial charge in [-0.2, -0.15) is 4.39 Å². The summed E-state index contributed by atoms with van der Waals surface area (Å²) in [7, 11) is -0.975. The van der Waals surface area contributed by atoms with E-state index in [4.69, 9.17) is 9.31 Å². The van der Waals surface area contributed by atoms with Crippen LogP contribution in [0.15, 0.2) is 54.9 Å². The Balaban J connectivity index is 1.75. The first-order valence-electron chi connectivity index (χ1n) is 7.88. The summed E-state index contributed by atoms with van der Waals surface area (Å²) >= 11 is 0. The lowest BCUT2D eigenvalue weighted by molar-refractivity contribution is 0.0950. The second-order valence-electron chi connectivity index (χ2n) is 6.27. The van der Waals surface area contributed by atoms with E-state index in [0.29, 0.717) is 12.3 Å². The highest BCUT2D eigenvalue weighted by atomic mass is 19.1. The predicted molar refractivity (Wildman–Crippen MR) is 92.6 cm³/mol. The van der Waals surface area contributed by atoms with Crippen LogP contribution >= 0.6 is 0 Å². The standard InChI is InChI=1S/C18H18BFN2O3/c1-12-18(2,3)25-19(24-12)15-9-14(11-21-16(15)20)17(23)22-10-13-7-5-4-6-8-13/h4-9,11H,1,10H2,2-3H3,(H,22,23). The quantitative estimate of drug-likeness (QED) is 0.685. The number of benzene rings is 1. The number of carbonyl (C=O) groups is 1. The number of carbonyl (C=O) groups excluding carboxylic acids is 1. The molecule has 1 N–H and O–H groups in total. The van der Waals surface area contributed by atoms with Crippen molar-refractivity contribution in [1.82, 2.24) is 10.3 Å². The summed E-state index contributed by atoms with van der Waals surface area (Å²) in [5.41, 5.74) is 0.531. The van der Waals surface area contributed by atoms with Crippen LogP contribution in [0.3, 0.4) is 0 Å². The van der Waals surface area contributed by atoms with Gasteiger partial charge in [-0.3, -0.25) is 4.79 Å². The molecule has 1 saturated heterocycles. The molecule has 0 aliphatic carbocycles. The Kier molecular flexibility index (Phi) is 4.59. The molecule has 1 amide bonds. The average molecular weight is 340 g/mol. The van der Waals surface area contributed by atoms with Gasteiger partial charge >= 0.3 is 7.12 Å². The van der Waals surface area contributed by atoms with Crippen molar-refractivity contribution in [3.63, 3.8) is 0 Å². The van der Waals surface area contributed by atoms with Crippen LogP contribution in [0.25, 0.3) is 0 Å². The lowest BCUT2D eigenvalue weighted by Crippen LogP contribution is -2.38. The molecule has 1 aliphatic heterocycles. The van der Waals surface area contributed by atoms with E-state index in [1.54, 1.807) is 13.8 Å². The first-order valence-corrected chi connectivity index (χ1v) is 7.88. The maximum absolute atomic E-state index is 14.1. The number of hydrogen-bond donors (Lipinski definition) is 1. The summed E-state index contributed by atoms with van der Waals surface area (Å²) in [5, 5.41) is 2.78. The largest absolute Gasteiger partial charge is 0.568 e. The normalized spacial score (nSPS) is 15.8. The Bertz CT molecular complexity index is 811. The molecule has 0 bridgehead atoms. The molecule has 2 aromatic rings. The molecule has 1 aromatic carbocycles. The van der Waals surface area contributed by atoms with Gasteiger partial charge in [-0.05, 0) is 25.5 Å². The molecular weight excluding hydrogens is 322 g/mol. The number of nitrogens with one attached hydrogen (secondary N) is 1. The van der Waals surface area contributed by atoms with Crippen LogP contribution < -0.4 is 10.8 Å². The third-order valence-electron chi connectivity index (χ3n) is 4.00. The second kappa shape index (κ2) is 6.68. The fourth-order valence-corrected chi connectivity index (χ4v) is 2.39. The molecular formula is C18H18BFN2O3. The number of aromatic nitrogens is 1. The minimum atomic E-state index is -0.975. The molecule has 25 heavy (non-hydrogen) atoms. The fourth-order valence-electron chi connectivity index (χ4n) is 2.39. The number of hydrogen-bond acceptors (Lipinski definition) is 4. The fraction of sp³-hybridized carbons (Fsp3) is 0.222. The summed E-state index contributed by atoms with van der Waals surface area (Å²) in [6.07, 6.45) is 1.19. The summed E-state index contributed by atoms with van der Waals surface area (Å²) in [4.78, 5) is 16.0. The van der Waals surface area contributed by atoms with Crippen LogP contribution in [0, 0.1) is 5.95 Å². The van der Waals surface area contributed by atoms with E-state index in [1.165, 1.54) is 12.3 Å².